The molecule has 0 spiro atoms. The van der Waals surface area contributed by atoms with Gasteiger partial charge in [-0.25, -0.2) is 4.99 Å². The molecule has 3 heterocycles. The Morgan fingerprint density at radius 2 is 1.68 bits per heavy atom. The first-order valence-corrected chi connectivity index (χ1v) is 13.0. The highest BCUT2D eigenvalue weighted by atomic mass is 32.2. The maximum Gasteiger partial charge on any atom is 0.265 e. The largest absolute Gasteiger partial charge is 0.340 e. The molecule has 1 aromatic heterocycles. The highest BCUT2D eigenvalue weighted by Crippen LogP contribution is 2.40. The van der Waals surface area contributed by atoms with E-state index in [0.717, 1.165) is 46.5 Å². The Balaban J connectivity index is 1.45. The zero-order valence-corrected chi connectivity index (χ0v) is 20.3. The molecule has 1 unspecified atom stereocenters. The van der Waals surface area contributed by atoms with Gasteiger partial charge in [0.25, 0.3) is 11.8 Å². The number of hydrogen-bond acceptors (Lipinski definition) is 6. The molecule has 2 aliphatic heterocycles. The molecule has 34 heavy (non-hydrogen) atoms. The van der Waals surface area contributed by atoms with Gasteiger partial charge in [0.2, 0.25) is 0 Å². The number of rotatable bonds is 5. The molecule has 0 bridgehead atoms. The van der Waals surface area contributed by atoms with E-state index in [9.17, 15) is 9.59 Å². The van der Waals surface area contributed by atoms with Crippen LogP contribution in [-0.2, 0) is 4.79 Å². The molecule has 2 N–H and O–H groups in total. The van der Waals surface area contributed by atoms with Gasteiger partial charge < -0.3 is 15.5 Å². The monoisotopic (exact) mass is 488 g/mol. The van der Waals surface area contributed by atoms with Crippen LogP contribution < -0.4 is 10.6 Å². The number of carbonyl (C=O) groups excluding carboxylic acids is 2. The highest BCUT2D eigenvalue weighted by molar-refractivity contribution is 8.13. The predicted octanol–water partition coefficient (Wildman–Crippen LogP) is 5.76. The number of hydrogen-bond donors (Lipinski definition) is 2. The summed E-state index contributed by atoms with van der Waals surface area (Å²) < 4.78 is 0. The normalized spacial score (nSPS) is 17.6. The molecule has 2 amide bonds. The van der Waals surface area contributed by atoms with Gasteiger partial charge >= 0.3 is 0 Å². The van der Waals surface area contributed by atoms with Gasteiger partial charge in [-0.15, -0.1) is 11.3 Å². The number of nitrogens with zero attached hydrogens (tertiary/aromatic N) is 2. The molecule has 0 radical (unpaired) electrons. The number of fused-ring (bicyclic) bond motifs is 1. The molecule has 1 fully saturated rings. The van der Waals surface area contributed by atoms with Crippen LogP contribution in [0.15, 0.2) is 88.4 Å². The van der Waals surface area contributed by atoms with Gasteiger partial charge in [0.1, 0.15) is 0 Å². The number of aliphatic imine (C=N–C) groups is 1. The minimum absolute atomic E-state index is 0.124. The van der Waals surface area contributed by atoms with Gasteiger partial charge in [-0.3, -0.25) is 9.59 Å². The first-order chi connectivity index (χ1) is 16.6. The molecule has 0 saturated carbocycles. The number of amides is 2. The minimum atomic E-state index is -0.244. The lowest BCUT2D eigenvalue weighted by molar-refractivity contribution is -0.113. The first kappa shape index (κ1) is 22.4. The number of anilines is 2. The molecule has 6 nitrogen and oxygen atoms in total. The zero-order chi connectivity index (χ0) is 23.5. The Morgan fingerprint density at radius 3 is 2.41 bits per heavy atom. The van der Waals surface area contributed by atoms with E-state index in [1.807, 2.05) is 73.0 Å². The van der Waals surface area contributed by atoms with Crippen LogP contribution in [0.1, 0.15) is 34.6 Å². The Kier molecular flexibility index (Phi) is 6.51. The van der Waals surface area contributed by atoms with E-state index < -0.39 is 0 Å². The van der Waals surface area contributed by atoms with Crippen molar-refractivity contribution in [2.24, 2.45) is 4.99 Å². The van der Waals surface area contributed by atoms with Crippen molar-refractivity contribution < 1.29 is 9.59 Å². The third kappa shape index (κ3) is 4.64. The van der Waals surface area contributed by atoms with Gasteiger partial charge in [-0.2, -0.15) is 0 Å². The Bertz CT molecular complexity index is 1250. The van der Waals surface area contributed by atoms with Crippen molar-refractivity contribution in [3.05, 3.63) is 93.8 Å². The third-order valence-corrected chi connectivity index (χ3v) is 7.71. The maximum atomic E-state index is 13.5. The van der Waals surface area contributed by atoms with Crippen LogP contribution >= 0.6 is 23.1 Å². The van der Waals surface area contributed by atoms with E-state index in [2.05, 4.69) is 15.5 Å². The minimum Gasteiger partial charge on any atom is -0.340 e. The van der Waals surface area contributed by atoms with Gasteiger partial charge in [-0.1, -0.05) is 48.2 Å². The molecule has 1 saturated heterocycles. The summed E-state index contributed by atoms with van der Waals surface area (Å²) in [6.45, 7) is 2.74. The first-order valence-electron chi connectivity index (χ1n) is 11.1. The van der Waals surface area contributed by atoms with Gasteiger partial charge in [0.15, 0.2) is 5.17 Å². The molecular formula is C26H24N4O2S2. The number of para-hydroxylation sites is 1. The lowest BCUT2D eigenvalue weighted by atomic mass is 9.93. The van der Waals surface area contributed by atoms with Crippen molar-refractivity contribution in [1.82, 2.24) is 4.90 Å². The molecule has 3 aromatic rings. The molecular weight excluding hydrogens is 464 g/mol. The Morgan fingerprint density at radius 1 is 0.941 bits per heavy atom. The highest BCUT2D eigenvalue weighted by Gasteiger charge is 2.37. The lowest BCUT2D eigenvalue weighted by Crippen LogP contribution is -2.43. The lowest BCUT2D eigenvalue weighted by Gasteiger charge is -2.40. The van der Waals surface area contributed by atoms with Crippen molar-refractivity contribution in [2.45, 2.75) is 19.4 Å². The van der Waals surface area contributed by atoms with E-state index in [0.29, 0.717) is 10.5 Å². The van der Waals surface area contributed by atoms with Crippen LogP contribution in [0.25, 0.3) is 0 Å². The Labute approximate surface area is 206 Å². The zero-order valence-electron chi connectivity index (χ0n) is 18.7. The molecule has 172 valence electrons. The maximum absolute atomic E-state index is 13.5. The second-order valence-electron chi connectivity index (χ2n) is 8.06. The number of nitrogens with one attached hydrogen (secondary N) is 2. The van der Waals surface area contributed by atoms with Crippen LogP contribution in [0.3, 0.4) is 0 Å². The fraction of sp³-hybridized carbons (Fsp3) is 0.192. The van der Waals surface area contributed by atoms with Crippen molar-refractivity contribution in [3.8, 4) is 0 Å². The van der Waals surface area contributed by atoms with Crippen LogP contribution in [0.5, 0.6) is 0 Å². The molecule has 8 heteroatoms. The fourth-order valence-electron chi connectivity index (χ4n) is 4.17. The van der Waals surface area contributed by atoms with Crippen molar-refractivity contribution in [1.29, 1.82) is 0 Å². The average Bonchev–Trinajstić information content (AvgIpc) is 3.40. The van der Waals surface area contributed by atoms with E-state index in [4.69, 9.17) is 4.99 Å². The summed E-state index contributed by atoms with van der Waals surface area (Å²) in [5.74, 6) is 0.747. The number of benzene rings is 2. The number of thioether (sulfide) groups is 1. The molecule has 0 aliphatic carbocycles. The SMILES string of the molecule is CC1=C(C(=O)Nc2ccccc2)C(c2ccc(NC(=O)c3cccs3)cc2)N2CCCSC2=N1. The topological polar surface area (TPSA) is 73.8 Å². The summed E-state index contributed by atoms with van der Waals surface area (Å²) in [6.07, 6.45) is 1.03. The van der Waals surface area contributed by atoms with Crippen molar-refractivity contribution in [3.63, 3.8) is 0 Å². The van der Waals surface area contributed by atoms with Crippen LogP contribution in [0.4, 0.5) is 11.4 Å². The summed E-state index contributed by atoms with van der Waals surface area (Å²) >= 11 is 3.14. The smallest absolute Gasteiger partial charge is 0.265 e. The third-order valence-electron chi connectivity index (χ3n) is 5.76. The molecule has 2 aromatic carbocycles. The summed E-state index contributed by atoms with van der Waals surface area (Å²) in [7, 11) is 0. The van der Waals surface area contributed by atoms with Gasteiger partial charge in [-0.05, 0) is 54.6 Å². The second kappa shape index (κ2) is 9.87. The number of carbonyl (C=O) groups is 2. The van der Waals surface area contributed by atoms with Crippen LogP contribution in [0.2, 0.25) is 0 Å². The molecule has 1 atom stereocenters. The fourth-order valence-corrected chi connectivity index (χ4v) is 5.81. The van der Waals surface area contributed by atoms with Gasteiger partial charge in [0, 0.05) is 23.7 Å². The van der Waals surface area contributed by atoms with Crippen molar-refractivity contribution in [2.75, 3.05) is 22.9 Å². The quantitative estimate of drug-likeness (QED) is 0.479. The van der Waals surface area contributed by atoms with E-state index in [1.54, 1.807) is 17.8 Å². The Hall–Kier alpha value is -3.36. The molecule has 5 rings (SSSR count). The second-order valence-corrected chi connectivity index (χ2v) is 10.1. The summed E-state index contributed by atoms with van der Waals surface area (Å²) in [6, 6.07) is 20.7. The predicted molar refractivity (Wildman–Crippen MR) is 140 cm³/mol. The van der Waals surface area contributed by atoms with Crippen molar-refractivity contribution >= 4 is 51.5 Å². The van der Waals surface area contributed by atoms with Crippen LogP contribution in [0, 0.1) is 0 Å². The summed E-state index contributed by atoms with van der Waals surface area (Å²) in [5.41, 5.74) is 3.83. The summed E-state index contributed by atoms with van der Waals surface area (Å²) in [4.78, 5) is 33.5. The van der Waals surface area contributed by atoms with Gasteiger partial charge in [0.05, 0.1) is 22.2 Å². The van der Waals surface area contributed by atoms with Crippen LogP contribution in [-0.4, -0.2) is 34.2 Å². The van der Waals surface area contributed by atoms with E-state index in [-0.39, 0.29) is 17.9 Å². The number of allylic oxidation sites excluding steroid dienone is 1. The average molecular weight is 489 g/mol. The number of amidine groups is 1. The standard InChI is InChI=1S/C26H24N4O2S2/c1-17-22(25(32)29-19-7-3-2-4-8-19)23(30-14-6-16-34-26(30)27-17)18-10-12-20(13-11-18)28-24(31)21-9-5-15-33-21/h2-5,7-13,15,23H,6,14,16H2,1H3,(H,28,31)(H,29,32). The van der Waals surface area contributed by atoms with E-state index >= 15 is 0 Å². The van der Waals surface area contributed by atoms with E-state index in [1.165, 1.54) is 11.3 Å². The molecule has 2 aliphatic rings. The number of thiophene rings is 1. The summed E-state index contributed by atoms with van der Waals surface area (Å²) in [5, 5.41) is 8.82.